The minimum atomic E-state index is -0.233. The zero-order valence-electron chi connectivity index (χ0n) is 19.5. The van der Waals surface area contributed by atoms with Crippen molar-refractivity contribution in [3.05, 3.63) is 95.2 Å². The third-order valence-electron chi connectivity index (χ3n) is 6.41. The van der Waals surface area contributed by atoms with E-state index in [1.807, 2.05) is 48.2 Å². The first kappa shape index (κ1) is 21.8. The molecule has 3 aromatic carbocycles. The van der Waals surface area contributed by atoms with Crippen LogP contribution < -0.4 is 10.2 Å². The maximum Gasteiger partial charge on any atom is 0.272 e. The summed E-state index contributed by atoms with van der Waals surface area (Å²) in [5.74, 6) is -0.331. The van der Waals surface area contributed by atoms with Gasteiger partial charge in [-0.05, 0) is 49.7 Å². The summed E-state index contributed by atoms with van der Waals surface area (Å²) >= 11 is 0. The highest BCUT2D eigenvalue weighted by Gasteiger charge is 2.27. The molecule has 4 aromatic rings. The van der Waals surface area contributed by atoms with Gasteiger partial charge in [0.1, 0.15) is 5.69 Å². The van der Waals surface area contributed by atoms with Crippen LogP contribution in [0.15, 0.2) is 72.8 Å². The van der Waals surface area contributed by atoms with Crippen molar-refractivity contribution in [3.63, 3.8) is 0 Å². The van der Waals surface area contributed by atoms with Crippen LogP contribution in [0.2, 0.25) is 0 Å². The quantitative estimate of drug-likeness (QED) is 0.458. The first-order chi connectivity index (χ1) is 16.5. The Morgan fingerprint density at radius 2 is 1.56 bits per heavy atom. The predicted molar refractivity (Wildman–Crippen MR) is 137 cm³/mol. The van der Waals surface area contributed by atoms with Gasteiger partial charge in [0.2, 0.25) is 0 Å². The lowest BCUT2D eigenvalue weighted by Crippen LogP contribution is -2.49. The molecule has 34 heavy (non-hydrogen) atoms. The van der Waals surface area contributed by atoms with E-state index >= 15 is 0 Å². The summed E-state index contributed by atoms with van der Waals surface area (Å²) in [4.78, 5) is 34.0. The van der Waals surface area contributed by atoms with Gasteiger partial charge in [-0.2, -0.15) is 0 Å². The first-order valence-electron chi connectivity index (χ1n) is 11.6. The number of amides is 2. The highest BCUT2D eigenvalue weighted by molar-refractivity contribution is 6.15. The summed E-state index contributed by atoms with van der Waals surface area (Å²) < 4.78 is 0. The van der Waals surface area contributed by atoms with Gasteiger partial charge in [0, 0.05) is 48.3 Å². The number of piperazine rings is 1. The molecular weight excluding hydrogens is 424 g/mol. The molecule has 1 aliphatic heterocycles. The molecule has 5 rings (SSSR count). The van der Waals surface area contributed by atoms with E-state index in [1.165, 1.54) is 11.3 Å². The van der Waals surface area contributed by atoms with Crippen molar-refractivity contribution < 1.29 is 9.59 Å². The second-order valence-electron chi connectivity index (χ2n) is 8.86. The fraction of sp³-hybridized carbons (Fsp3) is 0.214. The molecule has 0 radical (unpaired) electrons. The molecule has 0 bridgehead atoms. The number of hydrogen-bond donors (Lipinski definition) is 2. The Bertz CT molecular complexity index is 1350. The van der Waals surface area contributed by atoms with Crippen LogP contribution in [-0.2, 0) is 0 Å². The molecule has 6 heteroatoms. The van der Waals surface area contributed by atoms with Gasteiger partial charge >= 0.3 is 0 Å². The molecule has 0 atom stereocenters. The van der Waals surface area contributed by atoms with Crippen molar-refractivity contribution in [2.45, 2.75) is 13.8 Å². The number of nitrogens with zero attached hydrogens (tertiary/aromatic N) is 2. The van der Waals surface area contributed by atoms with Gasteiger partial charge in [-0.15, -0.1) is 0 Å². The number of carbonyl (C=O) groups excluding carboxylic acids is 2. The maximum absolute atomic E-state index is 13.6. The van der Waals surface area contributed by atoms with Crippen LogP contribution in [0.5, 0.6) is 0 Å². The van der Waals surface area contributed by atoms with Crippen LogP contribution in [0.1, 0.15) is 32.0 Å². The molecule has 2 amide bonds. The number of para-hydroxylation sites is 1. The molecule has 1 fully saturated rings. The third kappa shape index (κ3) is 4.27. The fourth-order valence-corrected chi connectivity index (χ4v) is 4.47. The van der Waals surface area contributed by atoms with Crippen molar-refractivity contribution in [3.8, 4) is 0 Å². The number of nitrogens with one attached hydrogen (secondary N) is 2. The zero-order valence-corrected chi connectivity index (χ0v) is 19.5. The number of aryl methyl sites for hydroxylation is 2. The number of aromatic amines is 1. The third-order valence-corrected chi connectivity index (χ3v) is 6.41. The molecular formula is C28H28N4O2. The Morgan fingerprint density at radius 3 is 2.29 bits per heavy atom. The van der Waals surface area contributed by atoms with E-state index < -0.39 is 0 Å². The summed E-state index contributed by atoms with van der Waals surface area (Å²) in [6, 6.07) is 23.5. The highest BCUT2D eigenvalue weighted by atomic mass is 16.2. The molecule has 1 aliphatic rings. The molecule has 6 nitrogen and oxygen atoms in total. The summed E-state index contributed by atoms with van der Waals surface area (Å²) in [6.45, 7) is 6.84. The first-order valence-corrected chi connectivity index (χ1v) is 11.6. The smallest absolute Gasteiger partial charge is 0.272 e. The molecule has 172 valence electrons. The Labute approximate surface area is 199 Å². The fourth-order valence-electron chi connectivity index (χ4n) is 4.47. The Balaban J connectivity index is 1.38. The van der Waals surface area contributed by atoms with Crippen molar-refractivity contribution >= 4 is 34.1 Å². The van der Waals surface area contributed by atoms with Gasteiger partial charge in [-0.1, -0.05) is 48.0 Å². The SMILES string of the molecule is Cc1ccc(C(=O)Nc2c(C(=O)N3CCN(c4cccc(C)c4)CC3)[nH]c3ccccc23)cc1. The second-order valence-corrected chi connectivity index (χ2v) is 8.86. The van der Waals surface area contributed by atoms with Gasteiger partial charge in [-0.25, -0.2) is 0 Å². The Kier molecular flexibility index (Phi) is 5.80. The van der Waals surface area contributed by atoms with Gasteiger partial charge < -0.3 is 20.1 Å². The van der Waals surface area contributed by atoms with Crippen LogP contribution in [0.4, 0.5) is 11.4 Å². The van der Waals surface area contributed by atoms with E-state index in [2.05, 4.69) is 46.4 Å². The molecule has 0 unspecified atom stereocenters. The lowest BCUT2D eigenvalue weighted by atomic mass is 10.1. The van der Waals surface area contributed by atoms with Gasteiger partial charge in [0.05, 0.1) is 5.69 Å². The molecule has 1 saturated heterocycles. The largest absolute Gasteiger partial charge is 0.368 e. The summed E-state index contributed by atoms with van der Waals surface area (Å²) in [7, 11) is 0. The Hall–Kier alpha value is -4.06. The lowest BCUT2D eigenvalue weighted by molar-refractivity contribution is 0.0743. The topological polar surface area (TPSA) is 68.4 Å². The minimum absolute atomic E-state index is 0.0979. The van der Waals surface area contributed by atoms with E-state index in [-0.39, 0.29) is 11.8 Å². The van der Waals surface area contributed by atoms with E-state index in [4.69, 9.17) is 0 Å². The number of anilines is 2. The number of hydrogen-bond acceptors (Lipinski definition) is 3. The molecule has 2 heterocycles. The second kappa shape index (κ2) is 9.06. The monoisotopic (exact) mass is 452 g/mol. The number of carbonyl (C=O) groups is 2. The molecule has 0 spiro atoms. The normalized spacial score (nSPS) is 13.8. The molecule has 1 aromatic heterocycles. The number of rotatable bonds is 4. The zero-order chi connectivity index (χ0) is 23.7. The number of fused-ring (bicyclic) bond motifs is 1. The van der Waals surface area contributed by atoms with Gasteiger partial charge in [0.15, 0.2) is 0 Å². The van der Waals surface area contributed by atoms with E-state index in [0.29, 0.717) is 30.0 Å². The number of benzene rings is 3. The van der Waals surface area contributed by atoms with E-state index in [1.54, 1.807) is 12.1 Å². The van der Waals surface area contributed by atoms with Crippen LogP contribution in [0, 0.1) is 13.8 Å². The summed E-state index contributed by atoms with van der Waals surface area (Å²) in [5.41, 5.74) is 5.83. The average Bonchev–Trinajstić information content (AvgIpc) is 3.22. The van der Waals surface area contributed by atoms with Crippen LogP contribution in [0.25, 0.3) is 10.9 Å². The van der Waals surface area contributed by atoms with Gasteiger partial charge in [0.25, 0.3) is 11.8 Å². The van der Waals surface area contributed by atoms with Crippen LogP contribution >= 0.6 is 0 Å². The predicted octanol–water partition coefficient (Wildman–Crippen LogP) is 5.00. The number of H-pyrrole nitrogens is 1. The van der Waals surface area contributed by atoms with Crippen molar-refractivity contribution in [2.24, 2.45) is 0 Å². The van der Waals surface area contributed by atoms with Crippen molar-refractivity contribution in [2.75, 3.05) is 36.4 Å². The molecule has 2 N–H and O–H groups in total. The lowest BCUT2D eigenvalue weighted by Gasteiger charge is -2.36. The summed E-state index contributed by atoms with van der Waals surface area (Å²) in [5, 5.41) is 3.83. The number of aromatic nitrogens is 1. The Morgan fingerprint density at radius 1 is 0.824 bits per heavy atom. The van der Waals surface area contributed by atoms with Crippen molar-refractivity contribution in [1.82, 2.24) is 9.88 Å². The minimum Gasteiger partial charge on any atom is -0.368 e. The van der Waals surface area contributed by atoms with Crippen molar-refractivity contribution in [1.29, 1.82) is 0 Å². The van der Waals surface area contributed by atoms with Crippen LogP contribution in [0.3, 0.4) is 0 Å². The van der Waals surface area contributed by atoms with E-state index in [9.17, 15) is 9.59 Å². The average molecular weight is 453 g/mol. The highest BCUT2D eigenvalue weighted by Crippen LogP contribution is 2.30. The molecule has 0 saturated carbocycles. The van der Waals surface area contributed by atoms with E-state index in [0.717, 1.165) is 29.6 Å². The van der Waals surface area contributed by atoms with Gasteiger partial charge in [-0.3, -0.25) is 9.59 Å². The molecule has 0 aliphatic carbocycles. The standard InChI is InChI=1S/C28H28N4O2/c1-19-10-12-21(13-11-19)27(33)30-25-23-8-3-4-9-24(23)29-26(25)28(34)32-16-14-31(15-17-32)22-7-5-6-20(2)18-22/h3-13,18,29H,14-17H2,1-2H3,(H,30,33). The summed E-state index contributed by atoms with van der Waals surface area (Å²) in [6.07, 6.45) is 0. The van der Waals surface area contributed by atoms with Crippen LogP contribution in [-0.4, -0.2) is 47.9 Å². The maximum atomic E-state index is 13.6.